The second-order valence-electron chi connectivity index (χ2n) is 11.3. The first kappa shape index (κ1) is 40.0. The minimum absolute atomic E-state index is 0.465. The van der Waals surface area contributed by atoms with Crippen molar-refractivity contribution in [2.45, 2.75) is 89.6 Å². The molecular formula is C30H32F2O19S. The van der Waals surface area contributed by atoms with Gasteiger partial charge >= 0.3 is 35.5 Å². The molecule has 52 heavy (non-hydrogen) atoms. The van der Waals surface area contributed by atoms with E-state index in [2.05, 4.69) is 0 Å². The molecule has 0 bridgehead atoms. The van der Waals surface area contributed by atoms with Gasteiger partial charge in [0.1, 0.15) is 11.9 Å². The Hall–Kier alpha value is -4.77. The SMILES string of the molecule is CC(=O)OC1[C@H](OC(C)=O)CO[C@@H](O[C@@H]2CO[C@@H](Oc3c(F)cc4c(CS(=O)(=O)O)cc(=O)oc4c3F)[C@@H](OC(C)=O)C2OC(C)=O)[C@H]1OC(C)=O. The highest BCUT2D eigenvalue weighted by molar-refractivity contribution is 7.85. The third-order valence-corrected chi connectivity index (χ3v) is 7.82. The van der Waals surface area contributed by atoms with E-state index in [1.54, 1.807) is 0 Å². The molecule has 22 heteroatoms. The van der Waals surface area contributed by atoms with Crippen LogP contribution in [-0.4, -0.2) is 105 Å². The zero-order valence-electron chi connectivity index (χ0n) is 27.9. The van der Waals surface area contributed by atoms with Crippen molar-refractivity contribution in [2.75, 3.05) is 13.2 Å². The molecule has 1 aromatic heterocycles. The number of hydrogen-bond acceptors (Lipinski definition) is 18. The lowest BCUT2D eigenvalue weighted by Gasteiger charge is -2.44. The number of hydrogen-bond donors (Lipinski definition) is 1. The molecule has 0 saturated carbocycles. The zero-order chi connectivity index (χ0) is 38.7. The van der Waals surface area contributed by atoms with Crippen LogP contribution in [0.2, 0.25) is 0 Å². The molecule has 19 nitrogen and oxygen atoms in total. The molecule has 0 aliphatic carbocycles. The van der Waals surface area contributed by atoms with Crippen LogP contribution in [0, 0.1) is 11.6 Å². The van der Waals surface area contributed by atoms with Crippen LogP contribution in [-0.2, 0) is 77.7 Å². The Morgan fingerprint density at radius 1 is 0.750 bits per heavy atom. The Bertz CT molecular complexity index is 1890. The van der Waals surface area contributed by atoms with Crippen LogP contribution in [0.15, 0.2) is 21.3 Å². The number of halogens is 2. The molecule has 4 rings (SSSR count). The quantitative estimate of drug-likeness (QED) is 0.142. The summed E-state index contributed by atoms with van der Waals surface area (Å²) in [7, 11) is -4.77. The molecule has 286 valence electrons. The average molecular weight is 767 g/mol. The minimum Gasteiger partial charge on any atom is -0.456 e. The average Bonchev–Trinajstić information content (AvgIpc) is 2.99. The van der Waals surface area contributed by atoms with Gasteiger partial charge in [0.15, 0.2) is 47.9 Å². The highest BCUT2D eigenvalue weighted by atomic mass is 32.2. The fourth-order valence-corrected chi connectivity index (χ4v) is 6.05. The van der Waals surface area contributed by atoms with Crippen LogP contribution in [0.3, 0.4) is 0 Å². The summed E-state index contributed by atoms with van der Waals surface area (Å²) in [6, 6.07) is 1.15. The standard InChI is InChI=1S/C30H32F2O19S/c1-11(33)44-19-8-42-29(27(47-14(4)36)25(19)45-12(2)34)49-20-9-43-30(28(48-15(5)37)26(20)46-13(3)35)51-24-18(31)7-17-16(10-52(39,40)41)6-21(38)50-23(17)22(24)32/h6-7,19-20,25-30H,8-10H2,1-5H3,(H,39,40,41)/t19-,20-,25?,26?,27+,28+,29+,30+/m1/s1. The van der Waals surface area contributed by atoms with Gasteiger partial charge in [-0.2, -0.15) is 12.8 Å². The minimum atomic E-state index is -4.77. The van der Waals surface area contributed by atoms with Gasteiger partial charge in [0.05, 0.1) is 13.2 Å². The fraction of sp³-hybridized carbons (Fsp3) is 0.533. The number of carbonyl (C=O) groups excluding carboxylic acids is 5. The van der Waals surface area contributed by atoms with Gasteiger partial charge in [-0.3, -0.25) is 28.5 Å². The summed E-state index contributed by atoms with van der Waals surface area (Å²) in [6.45, 7) is 3.85. The number of esters is 5. The van der Waals surface area contributed by atoms with Gasteiger partial charge in [-0.1, -0.05) is 0 Å². The van der Waals surface area contributed by atoms with Crippen molar-refractivity contribution in [1.29, 1.82) is 0 Å². The number of ether oxygens (including phenoxy) is 9. The van der Waals surface area contributed by atoms with Crippen molar-refractivity contribution in [3.05, 3.63) is 39.8 Å². The second kappa shape index (κ2) is 16.3. The predicted molar refractivity (Wildman–Crippen MR) is 160 cm³/mol. The monoisotopic (exact) mass is 766 g/mol. The summed E-state index contributed by atoms with van der Waals surface area (Å²) in [5.41, 5.74) is -2.75. The topological polar surface area (TPSA) is 253 Å². The second-order valence-corrected chi connectivity index (χ2v) is 12.8. The summed E-state index contributed by atoms with van der Waals surface area (Å²) < 4.78 is 117. The summed E-state index contributed by atoms with van der Waals surface area (Å²) in [6.07, 6.45) is -13.1. The van der Waals surface area contributed by atoms with Crippen LogP contribution in [0.5, 0.6) is 5.75 Å². The smallest absolute Gasteiger partial charge is 0.336 e. The molecule has 1 aromatic carbocycles. The molecular weight excluding hydrogens is 734 g/mol. The molecule has 3 heterocycles. The predicted octanol–water partition coefficient (Wildman–Crippen LogP) is 0.594. The molecule has 1 N–H and O–H groups in total. The molecule has 2 aromatic rings. The van der Waals surface area contributed by atoms with E-state index >= 15 is 8.78 Å². The van der Waals surface area contributed by atoms with Crippen LogP contribution in [0.1, 0.15) is 40.2 Å². The maximum atomic E-state index is 15.7. The number of carbonyl (C=O) groups is 5. The van der Waals surface area contributed by atoms with Gasteiger partial charge in [0.25, 0.3) is 10.1 Å². The van der Waals surface area contributed by atoms with Gasteiger partial charge in [-0.05, 0) is 11.6 Å². The summed E-state index contributed by atoms with van der Waals surface area (Å²) in [5, 5.41) is -0.551. The summed E-state index contributed by atoms with van der Waals surface area (Å²) >= 11 is 0. The van der Waals surface area contributed by atoms with Gasteiger partial charge in [0.2, 0.25) is 18.2 Å². The lowest BCUT2D eigenvalue weighted by molar-refractivity contribution is -0.325. The summed E-state index contributed by atoms with van der Waals surface area (Å²) in [5.74, 6) is -10.2. The Morgan fingerprint density at radius 2 is 1.23 bits per heavy atom. The van der Waals surface area contributed by atoms with E-state index in [0.29, 0.717) is 12.1 Å². The Balaban J connectivity index is 1.70. The molecule has 2 aliphatic rings. The zero-order valence-corrected chi connectivity index (χ0v) is 28.7. The van der Waals surface area contributed by atoms with Crippen molar-refractivity contribution in [1.82, 2.24) is 0 Å². The van der Waals surface area contributed by atoms with Crippen LogP contribution >= 0.6 is 0 Å². The van der Waals surface area contributed by atoms with E-state index in [4.69, 9.17) is 47.0 Å². The Kier molecular flexibility index (Phi) is 12.5. The van der Waals surface area contributed by atoms with Gasteiger partial charge in [0, 0.05) is 46.1 Å². The Labute approximate surface area is 292 Å². The number of fused-ring (bicyclic) bond motifs is 1. The molecule has 2 aliphatic heterocycles. The molecule has 0 amide bonds. The van der Waals surface area contributed by atoms with E-state index in [-0.39, 0.29) is 0 Å². The molecule has 2 unspecified atom stereocenters. The van der Waals surface area contributed by atoms with Gasteiger partial charge in [-0.25, -0.2) is 9.18 Å². The lowest BCUT2D eigenvalue weighted by atomic mass is 10.0. The molecule has 8 atom stereocenters. The van der Waals surface area contributed by atoms with E-state index < -0.39 is 148 Å². The molecule has 2 fully saturated rings. The fourth-order valence-electron chi connectivity index (χ4n) is 5.42. The van der Waals surface area contributed by atoms with Crippen LogP contribution < -0.4 is 10.4 Å². The van der Waals surface area contributed by atoms with Crippen molar-refractivity contribution in [3.63, 3.8) is 0 Å². The number of rotatable bonds is 11. The normalized spacial score (nSPS) is 26.2. The van der Waals surface area contributed by atoms with Crippen molar-refractivity contribution >= 4 is 50.9 Å². The largest absolute Gasteiger partial charge is 0.456 e. The van der Waals surface area contributed by atoms with Crippen LogP contribution in [0.25, 0.3) is 11.0 Å². The molecule has 0 radical (unpaired) electrons. The van der Waals surface area contributed by atoms with E-state index in [1.807, 2.05) is 0 Å². The third-order valence-electron chi connectivity index (χ3n) is 7.14. The lowest BCUT2D eigenvalue weighted by Crippen LogP contribution is -2.63. The maximum Gasteiger partial charge on any atom is 0.336 e. The highest BCUT2D eigenvalue weighted by Crippen LogP contribution is 2.35. The Morgan fingerprint density at radius 3 is 1.77 bits per heavy atom. The highest BCUT2D eigenvalue weighted by Gasteiger charge is 2.53. The van der Waals surface area contributed by atoms with Gasteiger partial charge in [-0.15, -0.1) is 0 Å². The molecule has 0 spiro atoms. The van der Waals surface area contributed by atoms with Gasteiger partial charge < -0.3 is 47.0 Å². The first-order valence-electron chi connectivity index (χ1n) is 15.0. The first-order chi connectivity index (χ1) is 24.2. The summed E-state index contributed by atoms with van der Waals surface area (Å²) in [4.78, 5) is 72.3. The van der Waals surface area contributed by atoms with Crippen molar-refractivity contribution < 1.29 is 92.8 Å². The number of benzene rings is 1. The maximum absolute atomic E-state index is 15.7. The third kappa shape index (κ3) is 9.97. The van der Waals surface area contributed by atoms with Crippen molar-refractivity contribution in [3.8, 4) is 5.75 Å². The van der Waals surface area contributed by atoms with Crippen molar-refractivity contribution in [2.24, 2.45) is 0 Å². The van der Waals surface area contributed by atoms with E-state index in [9.17, 15) is 41.7 Å². The van der Waals surface area contributed by atoms with Crippen LogP contribution in [0.4, 0.5) is 8.78 Å². The van der Waals surface area contributed by atoms with E-state index in [1.165, 1.54) is 0 Å². The molecule has 2 saturated heterocycles. The van der Waals surface area contributed by atoms with E-state index in [0.717, 1.165) is 34.6 Å². The first-order valence-corrected chi connectivity index (χ1v) is 16.7.